The molecule has 0 spiro atoms. The summed E-state index contributed by atoms with van der Waals surface area (Å²) >= 11 is 0. The number of nitrogens with one attached hydrogen (secondary N) is 2. The van der Waals surface area contributed by atoms with Crippen LogP contribution in [0.15, 0.2) is 60.7 Å². The van der Waals surface area contributed by atoms with E-state index in [1.165, 1.54) is 0 Å². The highest BCUT2D eigenvalue weighted by atomic mass is 16.5. The van der Waals surface area contributed by atoms with Gasteiger partial charge in [0, 0.05) is 42.4 Å². The molecule has 1 aliphatic heterocycles. The number of pyridine rings is 1. The first kappa shape index (κ1) is 27.8. The second kappa shape index (κ2) is 13.0. The van der Waals surface area contributed by atoms with Crippen molar-refractivity contribution in [2.24, 2.45) is 0 Å². The summed E-state index contributed by atoms with van der Waals surface area (Å²) in [5, 5.41) is 5.77. The van der Waals surface area contributed by atoms with Crippen LogP contribution in [-0.4, -0.2) is 53.8 Å². The minimum atomic E-state index is -0.250. The van der Waals surface area contributed by atoms with E-state index in [1.54, 1.807) is 11.0 Å². The Hall–Kier alpha value is -4.20. The van der Waals surface area contributed by atoms with Gasteiger partial charge in [-0.05, 0) is 63.4 Å². The highest BCUT2D eigenvalue weighted by molar-refractivity contribution is 5.97. The fraction of sp³-hybridized carbons (Fsp3) is 0.355. The van der Waals surface area contributed by atoms with Crippen LogP contribution in [0.25, 0.3) is 0 Å². The van der Waals surface area contributed by atoms with Gasteiger partial charge in [0.2, 0.25) is 5.91 Å². The maximum atomic E-state index is 13.2. The van der Waals surface area contributed by atoms with Crippen LogP contribution in [0, 0.1) is 13.8 Å². The second-order valence-electron chi connectivity index (χ2n) is 9.76. The molecule has 0 radical (unpaired) electrons. The Labute approximate surface area is 229 Å². The first-order valence-electron chi connectivity index (χ1n) is 13.5. The van der Waals surface area contributed by atoms with Crippen molar-refractivity contribution in [2.45, 2.75) is 46.1 Å². The number of para-hydroxylation sites is 1. The van der Waals surface area contributed by atoms with Crippen molar-refractivity contribution in [3.63, 3.8) is 0 Å². The summed E-state index contributed by atoms with van der Waals surface area (Å²) in [5.74, 6) is 0.279. The molecule has 0 unspecified atom stereocenters. The molecule has 3 amide bonds. The zero-order valence-corrected chi connectivity index (χ0v) is 22.8. The van der Waals surface area contributed by atoms with Gasteiger partial charge in [-0.1, -0.05) is 36.4 Å². The van der Waals surface area contributed by atoms with Gasteiger partial charge < -0.3 is 20.3 Å². The van der Waals surface area contributed by atoms with Crippen LogP contribution in [0.4, 0.5) is 0 Å². The van der Waals surface area contributed by atoms with E-state index < -0.39 is 0 Å². The van der Waals surface area contributed by atoms with E-state index >= 15 is 0 Å². The van der Waals surface area contributed by atoms with Gasteiger partial charge in [0.15, 0.2) is 0 Å². The maximum Gasteiger partial charge on any atom is 0.253 e. The van der Waals surface area contributed by atoms with Gasteiger partial charge in [0.25, 0.3) is 11.8 Å². The lowest BCUT2D eigenvalue weighted by Gasteiger charge is -2.32. The third-order valence-corrected chi connectivity index (χ3v) is 7.04. The van der Waals surface area contributed by atoms with Crippen LogP contribution < -0.4 is 15.4 Å². The van der Waals surface area contributed by atoms with Gasteiger partial charge in [-0.15, -0.1) is 0 Å². The highest BCUT2D eigenvalue weighted by Gasteiger charge is 2.28. The second-order valence-corrected chi connectivity index (χ2v) is 9.76. The number of hydrogen-bond donors (Lipinski definition) is 2. The third kappa shape index (κ3) is 7.02. The average Bonchev–Trinajstić information content (AvgIpc) is 2.95. The number of aryl methyl sites for hydroxylation is 2. The summed E-state index contributed by atoms with van der Waals surface area (Å²) in [4.78, 5) is 45.0. The van der Waals surface area contributed by atoms with Crippen LogP contribution in [-0.2, 0) is 11.3 Å². The number of rotatable bonds is 9. The molecule has 2 N–H and O–H groups in total. The van der Waals surface area contributed by atoms with Crippen molar-refractivity contribution in [3.8, 4) is 5.75 Å². The van der Waals surface area contributed by atoms with Crippen molar-refractivity contribution in [3.05, 3.63) is 94.3 Å². The molecule has 1 fully saturated rings. The first-order valence-corrected chi connectivity index (χ1v) is 13.5. The molecule has 8 heteroatoms. The lowest BCUT2D eigenvalue weighted by Crippen LogP contribution is -2.44. The number of benzene rings is 2. The predicted molar refractivity (Wildman–Crippen MR) is 150 cm³/mol. The molecule has 2 heterocycles. The zero-order valence-electron chi connectivity index (χ0n) is 22.8. The molecule has 3 aromatic rings. The number of piperidine rings is 1. The number of hydrogen-bond acceptors (Lipinski definition) is 5. The molecule has 2 aromatic carbocycles. The van der Waals surface area contributed by atoms with E-state index in [1.807, 2.05) is 75.4 Å². The molecule has 1 aromatic heterocycles. The van der Waals surface area contributed by atoms with E-state index in [4.69, 9.17) is 9.72 Å². The van der Waals surface area contributed by atoms with Crippen LogP contribution in [0.5, 0.6) is 5.75 Å². The molecule has 0 aliphatic carbocycles. The quantitative estimate of drug-likeness (QED) is 0.434. The number of aromatic nitrogens is 1. The van der Waals surface area contributed by atoms with Crippen LogP contribution >= 0.6 is 0 Å². The van der Waals surface area contributed by atoms with Gasteiger partial charge in [0.05, 0.1) is 24.4 Å². The molecule has 0 saturated carbocycles. The van der Waals surface area contributed by atoms with E-state index in [0.29, 0.717) is 50.2 Å². The Morgan fingerprint density at radius 2 is 1.59 bits per heavy atom. The topological polar surface area (TPSA) is 101 Å². The van der Waals surface area contributed by atoms with Crippen LogP contribution in [0.1, 0.15) is 68.9 Å². The number of carbonyl (C=O) groups excluding carboxylic acids is 3. The smallest absolute Gasteiger partial charge is 0.253 e. The van der Waals surface area contributed by atoms with E-state index in [9.17, 15) is 14.4 Å². The number of amides is 3. The SMILES string of the molecule is CCOc1ccccc1CNC(=O)c1ccc(C)nc1C1CCN(C(=O)CNC(=O)c2ccccc2C)CC1. The van der Waals surface area contributed by atoms with Crippen molar-refractivity contribution in [1.29, 1.82) is 0 Å². The summed E-state index contributed by atoms with van der Waals surface area (Å²) in [6, 6.07) is 18.7. The third-order valence-electron chi connectivity index (χ3n) is 7.04. The molecule has 1 aliphatic rings. The molecule has 0 bridgehead atoms. The summed E-state index contributed by atoms with van der Waals surface area (Å²) in [7, 11) is 0. The van der Waals surface area contributed by atoms with Gasteiger partial charge in [-0.3, -0.25) is 19.4 Å². The number of nitrogens with zero attached hydrogens (tertiary/aromatic N) is 2. The van der Waals surface area contributed by atoms with Crippen molar-refractivity contribution < 1.29 is 19.1 Å². The Balaban J connectivity index is 1.35. The molecule has 0 atom stereocenters. The standard InChI is InChI=1S/C31H36N4O4/c1-4-39-27-12-8-6-10-24(27)19-32-31(38)26-14-13-22(3)34-29(26)23-15-17-35(18-16-23)28(36)20-33-30(37)25-11-7-5-9-21(25)2/h5-14,23H,4,15-20H2,1-3H3,(H,32,38)(H,33,37). The molecule has 8 nitrogen and oxygen atoms in total. The van der Waals surface area contributed by atoms with Crippen molar-refractivity contribution in [1.82, 2.24) is 20.5 Å². The van der Waals surface area contributed by atoms with Crippen molar-refractivity contribution >= 4 is 17.7 Å². The summed E-state index contributed by atoms with van der Waals surface area (Å²) in [6.07, 6.45) is 1.39. The normalized spacial score (nSPS) is 13.6. The van der Waals surface area contributed by atoms with Crippen LogP contribution in [0.3, 0.4) is 0 Å². The van der Waals surface area contributed by atoms with Gasteiger partial charge in [0.1, 0.15) is 5.75 Å². The summed E-state index contributed by atoms with van der Waals surface area (Å²) < 4.78 is 5.68. The monoisotopic (exact) mass is 528 g/mol. The van der Waals surface area contributed by atoms with E-state index in [0.717, 1.165) is 28.3 Å². The number of carbonyl (C=O) groups is 3. The molecule has 39 heavy (non-hydrogen) atoms. The zero-order chi connectivity index (χ0) is 27.8. The molecule has 4 rings (SSSR count). The van der Waals surface area contributed by atoms with E-state index in [2.05, 4.69) is 10.6 Å². The Kier molecular flexibility index (Phi) is 9.31. The Morgan fingerprint density at radius 3 is 2.33 bits per heavy atom. The van der Waals surface area contributed by atoms with Gasteiger partial charge >= 0.3 is 0 Å². The summed E-state index contributed by atoms with van der Waals surface area (Å²) in [6.45, 7) is 7.66. The molecule has 1 saturated heterocycles. The van der Waals surface area contributed by atoms with E-state index in [-0.39, 0.29) is 30.2 Å². The molecular weight excluding hydrogens is 492 g/mol. The van der Waals surface area contributed by atoms with Gasteiger partial charge in [-0.2, -0.15) is 0 Å². The lowest BCUT2D eigenvalue weighted by atomic mass is 9.89. The minimum absolute atomic E-state index is 0.0442. The fourth-order valence-corrected chi connectivity index (χ4v) is 4.89. The maximum absolute atomic E-state index is 13.2. The Bertz CT molecular complexity index is 1330. The minimum Gasteiger partial charge on any atom is -0.494 e. The fourth-order valence-electron chi connectivity index (χ4n) is 4.89. The predicted octanol–water partition coefficient (Wildman–Crippen LogP) is 4.16. The number of likely N-dealkylation sites (tertiary alicyclic amines) is 1. The highest BCUT2D eigenvalue weighted by Crippen LogP contribution is 2.30. The number of ether oxygens (including phenoxy) is 1. The van der Waals surface area contributed by atoms with Gasteiger partial charge in [-0.25, -0.2) is 0 Å². The first-order chi connectivity index (χ1) is 18.9. The lowest BCUT2D eigenvalue weighted by molar-refractivity contribution is -0.131. The molecular formula is C31H36N4O4. The Morgan fingerprint density at radius 1 is 0.897 bits per heavy atom. The summed E-state index contributed by atoms with van der Waals surface area (Å²) in [5.41, 5.74) is 4.53. The van der Waals surface area contributed by atoms with Crippen molar-refractivity contribution in [2.75, 3.05) is 26.2 Å². The average molecular weight is 529 g/mol. The largest absolute Gasteiger partial charge is 0.494 e. The molecule has 204 valence electrons. The van der Waals surface area contributed by atoms with Crippen LogP contribution in [0.2, 0.25) is 0 Å².